The van der Waals surface area contributed by atoms with Crippen molar-refractivity contribution in [2.24, 2.45) is 22.9 Å². The number of amides is 1. The summed E-state index contributed by atoms with van der Waals surface area (Å²) in [5.74, 6) is -0.0799. The number of unbranched alkanes of at least 4 members (excludes halogenated alkanes) is 11. The normalized spacial score (nSPS) is 23.8. The molecule has 3 heterocycles. The van der Waals surface area contributed by atoms with Crippen molar-refractivity contribution < 1.29 is 57.9 Å². The van der Waals surface area contributed by atoms with Crippen LogP contribution in [0.2, 0.25) is 0 Å². The van der Waals surface area contributed by atoms with E-state index in [2.05, 4.69) is 19.6 Å². The maximum absolute atomic E-state index is 15.3. The van der Waals surface area contributed by atoms with Crippen LogP contribution < -0.4 is 18.9 Å². The van der Waals surface area contributed by atoms with Gasteiger partial charge in [-0.05, 0) is 104 Å². The minimum absolute atomic E-state index is 0.0145. The Balaban J connectivity index is 1.24. The third kappa shape index (κ3) is 14.0. The lowest BCUT2D eigenvalue weighted by Gasteiger charge is -2.60. The van der Waals surface area contributed by atoms with Crippen LogP contribution in [-0.4, -0.2) is 89.8 Å². The molecule has 16 nitrogen and oxygen atoms in total. The van der Waals surface area contributed by atoms with Crippen LogP contribution in [0, 0.1) is 27.9 Å². The number of rotatable bonds is 30. The molecule has 5 aliphatic rings. The Labute approximate surface area is 442 Å². The van der Waals surface area contributed by atoms with E-state index in [0.29, 0.717) is 60.3 Å². The van der Waals surface area contributed by atoms with E-state index in [1.807, 2.05) is 30.3 Å². The van der Waals surface area contributed by atoms with Gasteiger partial charge in [0.2, 0.25) is 18.9 Å². The molecule has 2 aliphatic carbocycles. The average molecular weight is 1040 g/mol. The van der Waals surface area contributed by atoms with Gasteiger partial charge < -0.3 is 48.2 Å². The molecule has 2 fully saturated rings. The van der Waals surface area contributed by atoms with E-state index < -0.39 is 35.1 Å². The number of aliphatic hydroxyl groups excluding tert-OH is 2. The zero-order chi connectivity index (χ0) is 52.4. The molecule has 1 unspecified atom stereocenters. The first-order chi connectivity index (χ1) is 36.8. The number of ether oxygens (including phenoxy) is 7. The third-order valence-corrected chi connectivity index (χ3v) is 15.5. The molecule has 8 rings (SSSR count). The number of fused-ring (bicyclic) bond motifs is 3. The Kier molecular flexibility index (Phi) is 20.7. The molecule has 0 spiro atoms. The maximum Gasteiger partial charge on any atom is 0.410 e. The summed E-state index contributed by atoms with van der Waals surface area (Å²) in [6.45, 7) is 7.51. The summed E-state index contributed by atoms with van der Waals surface area (Å²) < 4.78 is 45.1. The summed E-state index contributed by atoms with van der Waals surface area (Å²) in [6, 6.07) is 16.5. The van der Waals surface area contributed by atoms with Crippen LogP contribution >= 0.6 is 0 Å². The second kappa shape index (κ2) is 27.9. The number of nitrogens with zero attached hydrogens (tertiary/aromatic N) is 3. The molecule has 7 atom stereocenters. The SMILES string of the molecule is C=CCO[C@@]12Oc3ccc(Oc4cccc([N+](=O)[O-])c4)cc3[C@H]3[C@H](CCCCO)[C@@H](CCCCO)C=C(C(=NOC4CCCCO4)C[C@@H]1N(Cc1ccc4c(c1)OCO4)C(=O)OCCCCCCCCCCCC)[C@H]32. The van der Waals surface area contributed by atoms with Crippen molar-refractivity contribution in [3.8, 4) is 28.7 Å². The summed E-state index contributed by atoms with van der Waals surface area (Å²) in [4.78, 5) is 34.7. The monoisotopic (exact) mass is 1040 g/mol. The zero-order valence-electron chi connectivity index (χ0n) is 43.9. The molecule has 3 aliphatic heterocycles. The topological polar surface area (TPSA) is 190 Å². The minimum Gasteiger partial charge on any atom is -0.459 e. The number of carbonyl (C=O) groups excluding carboxylic acids is 1. The Morgan fingerprint density at radius 1 is 0.880 bits per heavy atom. The van der Waals surface area contributed by atoms with Gasteiger partial charge in [0.25, 0.3) is 5.69 Å². The molecule has 0 bridgehead atoms. The molecule has 408 valence electrons. The number of nitro benzene ring substituents is 1. The molecule has 3 aromatic carbocycles. The van der Waals surface area contributed by atoms with Crippen LogP contribution in [0.3, 0.4) is 0 Å². The largest absolute Gasteiger partial charge is 0.459 e. The van der Waals surface area contributed by atoms with E-state index in [1.54, 1.807) is 29.2 Å². The highest BCUT2D eigenvalue weighted by Gasteiger charge is 2.66. The van der Waals surface area contributed by atoms with Crippen molar-refractivity contribution in [2.45, 2.75) is 166 Å². The number of benzene rings is 3. The second-order valence-electron chi connectivity index (χ2n) is 20.6. The molecule has 3 aromatic rings. The maximum atomic E-state index is 15.3. The zero-order valence-corrected chi connectivity index (χ0v) is 43.9. The Hall–Kier alpha value is -5.68. The van der Waals surface area contributed by atoms with Gasteiger partial charge in [-0.2, -0.15) is 0 Å². The lowest BCUT2D eigenvalue weighted by molar-refractivity contribution is -0.384. The molecule has 0 radical (unpaired) electrons. The molecule has 1 saturated heterocycles. The highest BCUT2D eigenvalue weighted by Crippen LogP contribution is 2.62. The quantitative estimate of drug-likeness (QED) is 0.0278. The van der Waals surface area contributed by atoms with Crippen LogP contribution in [0.1, 0.15) is 152 Å². The third-order valence-electron chi connectivity index (χ3n) is 15.5. The van der Waals surface area contributed by atoms with Crippen molar-refractivity contribution in [1.29, 1.82) is 0 Å². The fourth-order valence-electron chi connectivity index (χ4n) is 11.8. The molecule has 0 aromatic heterocycles. The van der Waals surface area contributed by atoms with Gasteiger partial charge in [0.05, 0.1) is 42.4 Å². The molecule has 1 amide bonds. The number of nitro groups is 1. The van der Waals surface area contributed by atoms with Gasteiger partial charge in [-0.1, -0.05) is 107 Å². The predicted molar refractivity (Wildman–Crippen MR) is 284 cm³/mol. The first-order valence-electron chi connectivity index (χ1n) is 27.9. The van der Waals surface area contributed by atoms with Crippen molar-refractivity contribution >= 4 is 17.5 Å². The van der Waals surface area contributed by atoms with Crippen LogP contribution in [0.15, 0.2) is 90.1 Å². The first-order valence-corrected chi connectivity index (χ1v) is 27.9. The van der Waals surface area contributed by atoms with Crippen molar-refractivity contribution in [3.63, 3.8) is 0 Å². The fourth-order valence-corrected chi connectivity index (χ4v) is 11.8. The number of carbonyl (C=O) groups is 1. The van der Waals surface area contributed by atoms with E-state index in [0.717, 1.165) is 80.9 Å². The number of non-ortho nitro benzene ring substituents is 1. The predicted octanol–water partition coefficient (Wildman–Crippen LogP) is 12.8. The highest BCUT2D eigenvalue weighted by molar-refractivity contribution is 6.03. The van der Waals surface area contributed by atoms with Crippen LogP contribution in [0.5, 0.6) is 28.7 Å². The van der Waals surface area contributed by atoms with Crippen LogP contribution in [-0.2, 0) is 25.6 Å². The van der Waals surface area contributed by atoms with Crippen molar-refractivity contribution in [2.75, 3.05) is 39.8 Å². The van der Waals surface area contributed by atoms with Crippen LogP contribution in [0.4, 0.5) is 10.5 Å². The summed E-state index contributed by atoms with van der Waals surface area (Å²) >= 11 is 0. The van der Waals surface area contributed by atoms with Crippen molar-refractivity contribution in [1.82, 2.24) is 4.90 Å². The summed E-state index contributed by atoms with van der Waals surface area (Å²) in [6.07, 6.45) is 21.3. The van der Waals surface area contributed by atoms with Gasteiger partial charge >= 0.3 is 6.09 Å². The smallest absolute Gasteiger partial charge is 0.410 e. The lowest BCUT2D eigenvalue weighted by atomic mass is 9.55. The van der Waals surface area contributed by atoms with Crippen LogP contribution in [0.25, 0.3) is 0 Å². The second-order valence-corrected chi connectivity index (χ2v) is 20.6. The minimum atomic E-state index is -1.56. The molecular weight excluding hydrogens is 959 g/mol. The van der Waals surface area contributed by atoms with E-state index >= 15 is 4.79 Å². The first kappa shape index (κ1) is 55.5. The summed E-state index contributed by atoms with van der Waals surface area (Å²) in [7, 11) is 0. The standard InChI is InChI=1S/C59H79N3O13/c1-3-5-6-7-8-9-10-11-12-18-34-69-58(65)61(40-42-26-28-52-53(35-42)71-41-70-52)54-39-50(60-75-55-25-15-19-33-68-55)48-36-43(21-13-16-30-63)47(24-14-17-31-64)56-49-38-46(73-45-23-20-22-44(37-45)62(66)67)27-29-51(49)74-59(54,57(48)56)72-32-4-2/h4,20,22-23,26-29,35-38,43,47,54-57,63-64H,2-3,5-19,21,24-25,30-34,39-41H2,1H3/t43-,47+,54-,55?,56+,57+,59+/m0/s1. The average Bonchev–Trinajstić information content (AvgIpc) is 3.94. The number of allylic oxidation sites excluding steroid dienone is 1. The Morgan fingerprint density at radius 3 is 2.37 bits per heavy atom. The number of aliphatic hydroxyl groups is 2. The van der Waals surface area contributed by atoms with Gasteiger partial charge in [0.1, 0.15) is 23.3 Å². The van der Waals surface area contributed by atoms with E-state index in [1.165, 1.54) is 50.7 Å². The van der Waals surface area contributed by atoms with Crippen molar-refractivity contribution in [3.05, 3.63) is 106 Å². The molecule has 1 saturated carbocycles. The lowest BCUT2D eigenvalue weighted by Crippen LogP contribution is -2.70. The Morgan fingerprint density at radius 2 is 1.63 bits per heavy atom. The van der Waals surface area contributed by atoms with E-state index in [9.17, 15) is 20.3 Å². The molecule has 2 N–H and O–H groups in total. The van der Waals surface area contributed by atoms with Gasteiger partial charge in [-0.15, -0.1) is 6.58 Å². The summed E-state index contributed by atoms with van der Waals surface area (Å²) in [5, 5.41) is 37.0. The van der Waals surface area contributed by atoms with Gasteiger partial charge in [-0.3, -0.25) is 15.0 Å². The fraction of sp³-hybridized carbons (Fsp3) is 0.593. The Bertz CT molecular complexity index is 2410. The number of oxime groups is 1. The summed E-state index contributed by atoms with van der Waals surface area (Å²) in [5.41, 5.74) is 3.04. The number of hydrogen-bond donors (Lipinski definition) is 2. The number of hydrogen-bond acceptors (Lipinski definition) is 14. The highest BCUT2D eigenvalue weighted by atomic mass is 16.8. The molecule has 16 heteroatoms. The van der Waals surface area contributed by atoms with E-state index in [-0.39, 0.29) is 69.6 Å². The van der Waals surface area contributed by atoms with E-state index in [4.69, 9.17) is 43.2 Å². The van der Waals surface area contributed by atoms with Gasteiger partial charge in [0, 0.05) is 50.1 Å². The van der Waals surface area contributed by atoms with Gasteiger partial charge in [-0.25, -0.2) is 4.79 Å². The van der Waals surface area contributed by atoms with Gasteiger partial charge in [0.15, 0.2) is 11.5 Å². The molecule has 75 heavy (non-hydrogen) atoms. The molecular formula is C59H79N3O13.